The maximum Gasteiger partial charge on any atom is 0.209 e. The quantitative estimate of drug-likeness (QED) is 0.457. The van der Waals surface area contributed by atoms with E-state index in [1.165, 1.54) is 6.26 Å². The first-order valence-electron chi connectivity index (χ1n) is 10.2. The summed E-state index contributed by atoms with van der Waals surface area (Å²) in [4.78, 5) is 0.216. The zero-order chi connectivity index (χ0) is 23.0. The first kappa shape index (κ1) is 23.6. The lowest BCUT2D eigenvalue weighted by Crippen LogP contribution is -2.28. The van der Waals surface area contributed by atoms with Gasteiger partial charge in [-0.15, -0.1) is 0 Å². The van der Waals surface area contributed by atoms with Crippen LogP contribution in [0, 0.1) is 6.58 Å². The van der Waals surface area contributed by atoms with Crippen molar-refractivity contribution in [3.8, 4) is 0 Å². The molecule has 0 spiro atoms. The summed E-state index contributed by atoms with van der Waals surface area (Å²) >= 11 is 0. The lowest BCUT2D eigenvalue weighted by Gasteiger charge is -2.19. The summed E-state index contributed by atoms with van der Waals surface area (Å²) < 4.78 is 59.9. The molecule has 0 N–H and O–H groups in total. The van der Waals surface area contributed by atoms with Crippen LogP contribution in [0.15, 0.2) is 52.5 Å². The maximum absolute atomic E-state index is 12.3. The summed E-state index contributed by atoms with van der Waals surface area (Å²) in [6, 6.07) is 7.87. The van der Waals surface area contributed by atoms with Gasteiger partial charge in [-0.25, -0.2) is 16.8 Å². The molecule has 0 aromatic heterocycles. The summed E-state index contributed by atoms with van der Waals surface area (Å²) in [7, 11) is -7.75. The zero-order valence-corrected chi connectivity index (χ0v) is 19.7. The lowest BCUT2D eigenvalue weighted by molar-refractivity contribution is -0.437. The van der Waals surface area contributed by atoms with Crippen molar-refractivity contribution >= 4 is 31.4 Å². The number of fused-ring (bicyclic) bond motifs is 1. The van der Waals surface area contributed by atoms with Gasteiger partial charge in [-0.3, -0.25) is 0 Å². The molecule has 0 amide bonds. The van der Waals surface area contributed by atoms with E-state index in [-0.39, 0.29) is 16.7 Å². The first-order chi connectivity index (χ1) is 14.3. The van der Waals surface area contributed by atoms with Crippen molar-refractivity contribution in [2.45, 2.75) is 44.9 Å². The van der Waals surface area contributed by atoms with Crippen LogP contribution >= 0.6 is 0 Å². The lowest BCUT2D eigenvalue weighted by atomic mass is 9.81. The second kappa shape index (κ2) is 8.48. The molecule has 1 aliphatic carbocycles. The summed E-state index contributed by atoms with van der Waals surface area (Å²) in [6.07, 6.45) is 7.07. The second-order valence-corrected chi connectivity index (χ2v) is 12.1. The van der Waals surface area contributed by atoms with E-state index in [4.69, 9.17) is 6.58 Å². The number of rotatable bonds is 7. The predicted octanol–water partition coefficient (Wildman–Crippen LogP) is 3.40. The fraction of sp³-hybridized carbons (Fsp3) is 0.435. The molecule has 3 rings (SSSR count). The van der Waals surface area contributed by atoms with Crippen LogP contribution in [-0.4, -0.2) is 50.2 Å². The van der Waals surface area contributed by atoms with Crippen molar-refractivity contribution < 1.29 is 26.0 Å². The number of hydrogen-bond donors (Lipinski definition) is 0. The van der Waals surface area contributed by atoms with Crippen molar-refractivity contribution in [3.63, 3.8) is 0 Å². The SMILES string of the molecule is [CH]=C1CCCC(/C=C/C2=[N+](CCCS(=O)(=O)[O-])c3ccccc3C2(C)C)=C1S(C)(=O)=O. The molecule has 2 aliphatic rings. The molecule has 8 heteroatoms. The number of allylic oxidation sites excluding steroid dienone is 4. The van der Waals surface area contributed by atoms with Crippen molar-refractivity contribution in [2.75, 3.05) is 18.6 Å². The minimum absolute atomic E-state index is 0.200. The van der Waals surface area contributed by atoms with Gasteiger partial charge in [0.1, 0.15) is 6.54 Å². The van der Waals surface area contributed by atoms with Gasteiger partial charge < -0.3 is 4.55 Å². The van der Waals surface area contributed by atoms with Crippen LogP contribution < -0.4 is 0 Å². The molecule has 167 valence electrons. The van der Waals surface area contributed by atoms with Crippen molar-refractivity contribution in [1.82, 2.24) is 0 Å². The van der Waals surface area contributed by atoms with E-state index in [9.17, 15) is 21.4 Å². The third-order valence-electron chi connectivity index (χ3n) is 5.86. The highest BCUT2D eigenvalue weighted by Gasteiger charge is 2.44. The van der Waals surface area contributed by atoms with Crippen LogP contribution in [0.3, 0.4) is 0 Å². The number of sulfone groups is 1. The predicted molar refractivity (Wildman–Crippen MR) is 121 cm³/mol. The fourth-order valence-corrected chi connectivity index (χ4v) is 6.21. The highest BCUT2D eigenvalue weighted by Crippen LogP contribution is 2.40. The Hall–Kier alpha value is -2.03. The van der Waals surface area contributed by atoms with Crippen LogP contribution in [0.1, 0.15) is 45.1 Å². The van der Waals surface area contributed by atoms with Gasteiger partial charge in [0.05, 0.1) is 20.4 Å². The van der Waals surface area contributed by atoms with Crippen molar-refractivity contribution in [1.29, 1.82) is 0 Å². The van der Waals surface area contributed by atoms with Gasteiger partial charge in [-0.1, -0.05) is 30.9 Å². The Morgan fingerprint density at radius 2 is 1.81 bits per heavy atom. The van der Waals surface area contributed by atoms with Gasteiger partial charge >= 0.3 is 0 Å². The second-order valence-electron chi connectivity index (χ2n) is 8.63. The number of nitrogens with zero attached hydrogens (tertiary/aromatic N) is 1. The monoisotopic (exact) mass is 462 g/mol. The van der Waals surface area contributed by atoms with E-state index in [1.54, 1.807) is 0 Å². The highest BCUT2D eigenvalue weighted by molar-refractivity contribution is 7.94. The minimum Gasteiger partial charge on any atom is -0.748 e. The normalized spacial score (nSPS) is 19.4. The molecule has 1 radical (unpaired) electrons. The molecular weight excluding hydrogens is 434 g/mol. The zero-order valence-electron chi connectivity index (χ0n) is 18.1. The molecule has 0 fully saturated rings. The topological polar surface area (TPSA) is 94.3 Å². The molecule has 1 aromatic rings. The van der Waals surface area contributed by atoms with Crippen LogP contribution in [0.2, 0.25) is 0 Å². The van der Waals surface area contributed by atoms with Gasteiger partial charge in [0.25, 0.3) is 0 Å². The molecular formula is C23H28NO5S2. The fourth-order valence-electron chi connectivity index (χ4n) is 4.50. The van der Waals surface area contributed by atoms with E-state index >= 15 is 0 Å². The van der Waals surface area contributed by atoms with Gasteiger partial charge in [0.2, 0.25) is 5.69 Å². The van der Waals surface area contributed by atoms with Gasteiger partial charge in [0, 0.05) is 36.1 Å². The van der Waals surface area contributed by atoms with Gasteiger partial charge in [-0.05, 0) is 44.3 Å². The Labute approximate surface area is 185 Å². The summed E-state index contributed by atoms with van der Waals surface area (Å²) in [6.45, 7) is 10.6. The summed E-state index contributed by atoms with van der Waals surface area (Å²) in [5.74, 6) is -0.433. The average Bonchev–Trinajstić information content (AvgIpc) is 2.85. The van der Waals surface area contributed by atoms with Gasteiger partial charge in [0.15, 0.2) is 15.5 Å². The van der Waals surface area contributed by atoms with E-state index in [0.29, 0.717) is 30.5 Å². The Balaban J connectivity index is 2.08. The maximum atomic E-state index is 12.3. The Kier molecular flexibility index (Phi) is 6.47. The number of benzene rings is 1. The van der Waals surface area contributed by atoms with E-state index < -0.39 is 25.7 Å². The minimum atomic E-state index is -4.29. The molecule has 0 unspecified atom stereocenters. The molecule has 0 bridgehead atoms. The smallest absolute Gasteiger partial charge is 0.209 e. The Morgan fingerprint density at radius 1 is 1.13 bits per heavy atom. The standard InChI is InChI=1S/C23H28NO5S2/c1-17-9-7-10-18(22(17)30(4,25)26)13-14-21-23(2,3)19-11-5-6-12-20(19)24(21)15-8-16-31(27,28)29/h1,5-6,11-14H,7-10,15-16H2,2-4H3/b14-13+,17-1?. The summed E-state index contributed by atoms with van der Waals surface area (Å²) in [5, 5.41) is 0. The number of para-hydroxylation sites is 1. The van der Waals surface area contributed by atoms with Crippen molar-refractivity contribution in [2.24, 2.45) is 0 Å². The molecule has 0 saturated heterocycles. The Morgan fingerprint density at radius 3 is 2.45 bits per heavy atom. The van der Waals surface area contributed by atoms with Crippen LogP contribution in [0.5, 0.6) is 0 Å². The van der Waals surface area contributed by atoms with Crippen molar-refractivity contribution in [3.05, 3.63) is 64.6 Å². The molecule has 1 heterocycles. The largest absolute Gasteiger partial charge is 0.748 e. The van der Waals surface area contributed by atoms with Crippen LogP contribution in [0.4, 0.5) is 5.69 Å². The summed E-state index contributed by atoms with van der Waals surface area (Å²) in [5.41, 5.74) is 3.67. The molecule has 0 atom stereocenters. The average molecular weight is 463 g/mol. The van der Waals surface area contributed by atoms with E-state index in [1.807, 2.05) is 41.0 Å². The van der Waals surface area contributed by atoms with E-state index in [2.05, 4.69) is 13.8 Å². The Bertz CT molecular complexity index is 1220. The van der Waals surface area contributed by atoms with E-state index in [0.717, 1.165) is 23.4 Å². The van der Waals surface area contributed by atoms with Crippen LogP contribution in [-0.2, 0) is 25.4 Å². The molecule has 1 aromatic carbocycles. The molecule has 1 aliphatic heterocycles. The molecule has 6 nitrogen and oxygen atoms in total. The van der Waals surface area contributed by atoms with Crippen LogP contribution in [0.25, 0.3) is 0 Å². The van der Waals surface area contributed by atoms with Gasteiger partial charge in [-0.2, -0.15) is 4.58 Å². The molecule has 31 heavy (non-hydrogen) atoms. The third kappa shape index (κ3) is 5.07. The first-order valence-corrected chi connectivity index (χ1v) is 13.7. The highest BCUT2D eigenvalue weighted by atomic mass is 32.2. The number of hydrogen-bond acceptors (Lipinski definition) is 5. The molecule has 0 saturated carbocycles. The third-order valence-corrected chi connectivity index (χ3v) is 7.92.